The van der Waals surface area contributed by atoms with E-state index in [1.165, 1.54) is 12.1 Å². The maximum atomic E-state index is 12.5. The Morgan fingerprint density at radius 2 is 2.20 bits per heavy atom. The molecule has 1 aromatic carbocycles. The predicted molar refractivity (Wildman–Crippen MR) is 54.0 cm³/mol. The predicted octanol–water partition coefficient (Wildman–Crippen LogP) is 3.15. The minimum absolute atomic E-state index is 0.123. The van der Waals surface area contributed by atoms with Crippen molar-refractivity contribution >= 4 is 22.0 Å². The van der Waals surface area contributed by atoms with E-state index in [1.54, 1.807) is 6.07 Å². The number of rotatable bonds is 3. The summed E-state index contributed by atoms with van der Waals surface area (Å²) in [5, 5.41) is 10.4. The standard InChI is InChI=1S/C9H8BrF2NO2/c10-6-2-1-5(4-13-9(14)15)7(3-6)8(11)12/h1-3,8,13H,4H2,(H,14,15). The highest BCUT2D eigenvalue weighted by Crippen LogP contribution is 2.26. The van der Waals surface area contributed by atoms with Crippen LogP contribution in [0, 0.1) is 0 Å². The summed E-state index contributed by atoms with van der Waals surface area (Å²) in [7, 11) is 0. The van der Waals surface area contributed by atoms with Gasteiger partial charge in [0.2, 0.25) is 0 Å². The molecule has 1 rings (SSSR count). The van der Waals surface area contributed by atoms with Gasteiger partial charge in [0, 0.05) is 16.6 Å². The summed E-state index contributed by atoms with van der Waals surface area (Å²) in [5.74, 6) is 0. The molecule has 0 heterocycles. The summed E-state index contributed by atoms with van der Waals surface area (Å²) in [4.78, 5) is 10.2. The molecule has 0 aliphatic carbocycles. The zero-order valence-corrected chi connectivity index (χ0v) is 9.09. The number of amides is 1. The lowest BCUT2D eigenvalue weighted by Gasteiger charge is -2.09. The molecule has 2 N–H and O–H groups in total. The van der Waals surface area contributed by atoms with Gasteiger partial charge in [-0.2, -0.15) is 0 Å². The zero-order valence-electron chi connectivity index (χ0n) is 7.51. The van der Waals surface area contributed by atoms with Crippen molar-refractivity contribution in [1.82, 2.24) is 5.32 Å². The lowest BCUT2D eigenvalue weighted by molar-refractivity contribution is 0.149. The van der Waals surface area contributed by atoms with Gasteiger partial charge in [-0.25, -0.2) is 13.6 Å². The van der Waals surface area contributed by atoms with Crippen LogP contribution in [0.25, 0.3) is 0 Å². The number of hydrogen-bond acceptors (Lipinski definition) is 1. The highest BCUT2D eigenvalue weighted by Gasteiger charge is 2.13. The molecule has 3 nitrogen and oxygen atoms in total. The first-order valence-corrected chi connectivity index (χ1v) is 4.83. The molecule has 15 heavy (non-hydrogen) atoms. The third-order valence-corrected chi connectivity index (χ3v) is 2.27. The first-order chi connectivity index (χ1) is 7.00. The molecule has 0 saturated heterocycles. The Balaban J connectivity index is 2.90. The van der Waals surface area contributed by atoms with Gasteiger partial charge in [-0.1, -0.05) is 22.0 Å². The fraction of sp³-hybridized carbons (Fsp3) is 0.222. The minimum atomic E-state index is -2.62. The number of halogens is 3. The van der Waals surface area contributed by atoms with Crippen molar-refractivity contribution < 1.29 is 18.7 Å². The van der Waals surface area contributed by atoms with Crippen molar-refractivity contribution in [3.8, 4) is 0 Å². The van der Waals surface area contributed by atoms with Gasteiger partial charge in [-0.15, -0.1) is 0 Å². The van der Waals surface area contributed by atoms with E-state index in [4.69, 9.17) is 5.11 Å². The van der Waals surface area contributed by atoms with Crippen molar-refractivity contribution in [2.24, 2.45) is 0 Å². The van der Waals surface area contributed by atoms with E-state index >= 15 is 0 Å². The van der Waals surface area contributed by atoms with Crippen molar-refractivity contribution in [1.29, 1.82) is 0 Å². The molecule has 0 spiro atoms. The third-order valence-electron chi connectivity index (χ3n) is 1.77. The van der Waals surface area contributed by atoms with Crippen LogP contribution in [0.3, 0.4) is 0 Å². The Morgan fingerprint density at radius 3 is 2.73 bits per heavy atom. The number of benzene rings is 1. The van der Waals surface area contributed by atoms with Gasteiger partial charge in [-0.3, -0.25) is 0 Å². The molecule has 0 fully saturated rings. The Morgan fingerprint density at radius 1 is 1.53 bits per heavy atom. The lowest BCUT2D eigenvalue weighted by atomic mass is 10.1. The summed E-state index contributed by atoms with van der Waals surface area (Å²) in [6.07, 6.45) is -3.86. The van der Waals surface area contributed by atoms with Gasteiger partial charge < -0.3 is 10.4 Å². The lowest BCUT2D eigenvalue weighted by Crippen LogP contribution is -2.20. The quantitative estimate of drug-likeness (QED) is 0.893. The molecule has 0 aliphatic rings. The van der Waals surface area contributed by atoms with Crippen LogP contribution in [0.2, 0.25) is 0 Å². The fourth-order valence-corrected chi connectivity index (χ4v) is 1.48. The molecule has 6 heteroatoms. The van der Waals surface area contributed by atoms with Crippen molar-refractivity contribution in [2.75, 3.05) is 0 Å². The topological polar surface area (TPSA) is 49.3 Å². The van der Waals surface area contributed by atoms with Crippen LogP contribution in [-0.4, -0.2) is 11.2 Å². The van der Waals surface area contributed by atoms with Gasteiger partial charge in [0.05, 0.1) is 0 Å². The van der Waals surface area contributed by atoms with Crippen LogP contribution >= 0.6 is 15.9 Å². The second-order valence-corrected chi connectivity index (χ2v) is 3.72. The van der Waals surface area contributed by atoms with Gasteiger partial charge in [0.1, 0.15) is 0 Å². The Kier molecular flexibility index (Phi) is 4.02. The molecule has 0 radical (unpaired) electrons. The summed E-state index contributed by atoms with van der Waals surface area (Å²) in [5.41, 5.74) is 0.105. The summed E-state index contributed by atoms with van der Waals surface area (Å²) < 4.78 is 25.6. The maximum absolute atomic E-state index is 12.5. The molecular weight excluding hydrogens is 272 g/mol. The monoisotopic (exact) mass is 279 g/mol. The van der Waals surface area contributed by atoms with E-state index in [0.717, 1.165) is 0 Å². The molecule has 82 valence electrons. The van der Waals surface area contributed by atoms with Crippen LogP contribution in [-0.2, 0) is 6.54 Å². The number of nitrogens with one attached hydrogen (secondary N) is 1. The van der Waals surface area contributed by atoms with E-state index in [2.05, 4.69) is 15.9 Å². The largest absolute Gasteiger partial charge is 0.465 e. The highest BCUT2D eigenvalue weighted by atomic mass is 79.9. The summed E-state index contributed by atoms with van der Waals surface area (Å²) in [6.45, 7) is -0.123. The third kappa shape index (κ3) is 3.47. The summed E-state index contributed by atoms with van der Waals surface area (Å²) >= 11 is 3.07. The maximum Gasteiger partial charge on any atom is 0.404 e. The molecule has 1 amide bonds. The van der Waals surface area contributed by atoms with E-state index < -0.39 is 12.5 Å². The van der Waals surface area contributed by atoms with Crippen LogP contribution in [0.1, 0.15) is 17.6 Å². The molecule has 1 aromatic rings. The van der Waals surface area contributed by atoms with E-state index in [1.807, 2.05) is 5.32 Å². The van der Waals surface area contributed by atoms with Crippen molar-refractivity contribution in [3.63, 3.8) is 0 Å². The Hall–Kier alpha value is -1.17. The zero-order chi connectivity index (χ0) is 11.4. The Labute approximate surface area is 93.2 Å². The number of hydrogen-bond donors (Lipinski definition) is 2. The van der Waals surface area contributed by atoms with Crippen molar-refractivity contribution in [2.45, 2.75) is 13.0 Å². The fourth-order valence-electron chi connectivity index (χ4n) is 1.10. The van der Waals surface area contributed by atoms with Gasteiger partial charge in [0.15, 0.2) is 0 Å². The smallest absolute Gasteiger partial charge is 0.404 e. The van der Waals surface area contributed by atoms with E-state index in [9.17, 15) is 13.6 Å². The van der Waals surface area contributed by atoms with Crippen LogP contribution in [0.5, 0.6) is 0 Å². The highest BCUT2D eigenvalue weighted by molar-refractivity contribution is 9.10. The molecule has 0 aliphatic heterocycles. The first kappa shape index (κ1) is 11.9. The van der Waals surface area contributed by atoms with Gasteiger partial charge >= 0.3 is 6.09 Å². The molecule has 0 atom stereocenters. The second-order valence-electron chi connectivity index (χ2n) is 2.80. The average Bonchev–Trinajstić information content (AvgIpc) is 2.15. The molecule has 0 saturated carbocycles. The first-order valence-electron chi connectivity index (χ1n) is 4.04. The van der Waals surface area contributed by atoms with Gasteiger partial charge in [0.25, 0.3) is 6.43 Å². The van der Waals surface area contributed by atoms with Crippen LogP contribution < -0.4 is 5.32 Å². The number of carboxylic acid groups (broad SMARTS) is 1. The number of carbonyl (C=O) groups is 1. The minimum Gasteiger partial charge on any atom is -0.465 e. The molecule has 0 aromatic heterocycles. The Bertz CT molecular complexity index is 371. The van der Waals surface area contributed by atoms with E-state index in [0.29, 0.717) is 4.47 Å². The molecule has 0 bridgehead atoms. The van der Waals surface area contributed by atoms with Crippen LogP contribution in [0.4, 0.5) is 13.6 Å². The van der Waals surface area contributed by atoms with Crippen LogP contribution in [0.15, 0.2) is 22.7 Å². The molecule has 0 unspecified atom stereocenters. The van der Waals surface area contributed by atoms with E-state index in [-0.39, 0.29) is 17.7 Å². The molecular formula is C9H8BrF2NO2. The SMILES string of the molecule is O=C(O)NCc1ccc(Br)cc1C(F)F. The summed E-state index contributed by atoms with van der Waals surface area (Å²) in [6, 6.07) is 4.33. The number of alkyl halides is 2. The van der Waals surface area contributed by atoms with Gasteiger partial charge in [-0.05, 0) is 17.7 Å². The normalized spacial score (nSPS) is 10.4. The van der Waals surface area contributed by atoms with Crippen molar-refractivity contribution in [3.05, 3.63) is 33.8 Å². The average molecular weight is 280 g/mol. The second kappa shape index (κ2) is 5.06.